The molecule has 0 bridgehead atoms. The van der Waals surface area contributed by atoms with Crippen molar-refractivity contribution in [3.8, 4) is 0 Å². The molecular weight excluding hydrogens is 825 g/mol. The van der Waals surface area contributed by atoms with Gasteiger partial charge >= 0.3 is 18.2 Å². The average molecular weight is 903 g/mol. The smallest absolute Gasteiger partial charge is 0.408 e. The lowest BCUT2D eigenvalue weighted by atomic mass is 9.92. The van der Waals surface area contributed by atoms with E-state index in [2.05, 4.69) is 28.1 Å². The molecule has 2 heterocycles. The number of amides is 3. The summed E-state index contributed by atoms with van der Waals surface area (Å²) >= 11 is 0. The fourth-order valence-electron chi connectivity index (χ4n) is 6.98. The van der Waals surface area contributed by atoms with E-state index in [1.807, 2.05) is 59.5 Å². The van der Waals surface area contributed by atoms with Gasteiger partial charge in [-0.1, -0.05) is 79.2 Å². The van der Waals surface area contributed by atoms with E-state index in [1.165, 1.54) is 44.3 Å². The third kappa shape index (κ3) is 27.6. The number of hydrogen-bond acceptors (Lipinski definition) is 9. The Morgan fingerprint density at radius 1 is 0.631 bits per heavy atom. The van der Waals surface area contributed by atoms with Crippen molar-refractivity contribution < 1.29 is 43.3 Å². The fourth-order valence-corrected chi connectivity index (χ4v) is 6.98. The largest absolute Gasteiger partial charge is 0.478 e. The second kappa shape index (κ2) is 30.0. The van der Waals surface area contributed by atoms with Crippen LogP contribution in [-0.4, -0.2) is 95.1 Å². The van der Waals surface area contributed by atoms with Crippen molar-refractivity contribution in [2.24, 2.45) is 11.8 Å². The number of carbonyl (C=O) groups is 6. The number of allylic oxidation sites excluding steroid dienone is 2. The molecule has 2 saturated heterocycles. The summed E-state index contributed by atoms with van der Waals surface area (Å²) in [5, 5.41) is 17.3. The van der Waals surface area contributed by atoms with Crippen molar-refractivity contribution in [3.05, 3.63) is 96.1 Å². The molecule has 0 aliphatic carbocycles. The van der Waals surface area contributed by atoms with Gasteiger partial charge in [-0.3, -0.25) is 14.4 Å². The second-order valence-corrected chi connectivity index (χ2v) is 18.9. The Balaban J connectivity index is 0.000000399. The maximum Gasteiger partial charge on any atom is 0.408 e. The number of alkyl carbamates (subject to hydrolysis) is 2. The molecule has 3 amide bonds. The molecule has 4 rings (SSSR count). The highest BCUT2D eigenvalue weighted by molar-refractivity contribution is 5.89. The van der Waals surface area contributed by atoms with E-state index in [0.29, 0.717) is 6.42 Å². The van der Waals surface area contributed by atoms with Crippen LogP contribution in [0.1, 0.15) is 131 Å². The number of ketones is 2. The molecular formula is C52H78N4O9. The number of hydrogen-bond donors (Lipinski definition) is 4. The van der Waals surface area contributed by atoms with Crippen LogP contribution in [0.3, 0.4) is 0 Å². The number of aryl methyl sites for hydroxylation is 2. The summed E-state index contributed by atoms with van der Waals surface area (Å²) in [6, 6.07) is 18.5. The van der Waals surface area contributed by atoms with Crippen molar-refractivity contribution in [2.75, 3.05) is 26.2 Å². The summed E-state index contributed by atoms with van der Waals surface area (Å²) < 4.78 is 10.4. The Morgan fingerprint density at radius 3 is 1.38 bits per heavy atom. The Morgan fingerprint density at radius 2 is 1.03 bits per heavy atom. The normalized spacial score (nSPS) is 16.0. The highest BCUT2D eigenvalue weighted by Crippen LogP contribution is 2.19. The molecule has 4 atom stereocenters. The SMILES string of the molecule is C1CCNCC1.C[C@H](NC(=O)OC(C)(C)C)C(=O)C[C@H](/C=C/C(=O)N1CCCCC1)CCc1ccccc1.C[C@H](NC(=O)OC(C)(C)C)C(=O)C[C@H](/C=C/C(=O)O)CCc1ccccc1. The lowest BCUT2D eigenvalue weighted by molar-refractivity contribution is -0.131. The molecule has 0 spiro atoms. The molecule has 0 aromatic heterocycles. The molecule has 65 heavy (non-hydrogen) atoms. The summed E-state index contributed by atoms with van der Waals surface area (Å²) in [6.45, 7) is 17.9. The summed E-state index contributed by atoms with van der Waals surface area (Å²) in [5.41, 5.74) is 1.05. The van der Waals surface area contributed by atoms with E-state index < -0.39 is 41.4 Å². The van der Waals surface area contributed by atoms with Crippen LogP contribution in [0, 0.1) is 11.8 Å². The highest BCUT2D eigenvalue weighted by Gasteiger charge is 2.25. The number of piperidine rings is 2. The summed E-state index contributed by atoms with van der Waals surface area (Å²) in [5.74, 6) is -1.59. The van der Waals surface area contributed by atoms with Crippen LogP contribution in [0.2, 0.25) is 0 Å². The van der Waals surface area contributed by atoms with E-state index in [4.69, 9.17) is 14.6 Å². The van der Waals surface area contributed by atoms with Crippen molar-refractivity contribution in [1.29, 1.82) is 0 Å². The zero-order chi connectivity index (χ0) is 48.3. The van der Waals surface area contributed by atoms with Gasteiger partial charge in [-0.05, 0) is 155 Å². The monoisotopic (exact) mass is 903 g/mol. The second-order valence-electron chi connectivity index (χ2n) is 18.9. The summed E-state index contributed by atoms with van der Waals surface area (Å²) in [6.07, 6.45) is 15.7. The van der Waals surface area contributed by atoms with Gasteiger partial charge < -0.3 is 35.4 Å². The average Bonchev–Trinajstić information content (AvgIpc) is 3.26. The lowest BCUT2D eigenvalue weighted by Crippen LogP contribution is -2.42. The van der Waals surface area contributed by atoms with Crippen LogP contribution in [0.25, 0.3) is 0 Å². The maximum atomic E-state index is 12.8. The molecule has 2 fully saturated rings. The number of benzene rings is 2. The van der Waals surface area contributed by atoms with Gasteiger partial charge in [-0.2, -0.15) is 0 Å². The molecule has 2 aromatic carbocycles. The molecule has 2 aliphatic rings. The van der Waals surface area contributed by atoms with Gasteiger partial charge in [0.25, 0.3) is 0 Å². The number of aliphatic carboxylic acids is 1. The van der Waals surface area contributed by atoms with Crippen molar-refractivity contribution >= 4 is 35.6 Å². The first-order valence-corrected chi connectivity index (χ1v) is 23.4. The Kier molecular flexibility index (Phi) is 25.8. The molecule has 0 radical (unpaired) electrons. The zero-order valence-corrected chi connectivity index (χ0v) is 40.4. The lowest BCUT2D eigenvalue weighted by Gasteiger charge is -2.25. The summed E-state index contributed by atoms with van der Waals surface area (Å²) in [7, 11) is 0. The summed E-state index contributed by atoms with van der Waals surface area (Å²) in [4.78, 5) is 74.4. The topological polar surface area (TPSA) is 180 Å². The van der Waals surface area contributed by atoms with Crippen LogP contribution in [0.15, 0.2) is 85.0 Å². The molecule has 13 heteroatoms. The van der Waals surface area contributed by atoms with Crippen LogP contribution >= 0.6 is 0 Å². The minimum absolute atomic E-state index is 0.0155. The van der Waals surface area contributed by atoms with Gasteiger partial charge in [0.2, 0.25) is 5.91 Å². The third-order valence-electron chi connectivity index (χ3n) is 10.5. The van der Waals surface area contributed by atoms with E-state index in [9.17, 15) is 28.8 Å². The van der Waals surface area contributed by atoms with Crippen molar-refractivity contribution in [2.45, 2.75) is 156 Å². The number of carboxylic acid groups (broad SMARTS) is 1. The van der Waals surface area contributed by atoms with Crippen LogP contribution in [0.4, 0.5) is 9.59 Å². The molecule has 13 nitrogen and oxygen atoms in total. The first kappa shape index (κ1) is 55.8. The van der Waals surface area contributed by atoms with Gasteiger partial charge in [0.15, 0.2) is 11.6 Å². The number of carboxylic acids is 1. The molecule has 360 valence electrons. The van der Waals surface area contributed by atoms with Crippen LogP contribution in [-0.2, 0) is 41.5 Å². The number of Topliss-reactive ketones (excluding diaryl/α,β-unsaturated/α-hetero) is 2. The van der Waals surface area contributed by atoms with Gasteiger partial charge in [0, 0.05) is 32.0 Å². The number of likely N-dealkylation sites (tertiary alicyclic amines) is 1. The number of nitrogens with one attached hydrogen (secondary N) is 3. The van der Waals surface area contributed by atoms with E-state index in [-0.39, 0.29) is 42.2 Å². The van der Waals surface area contributed by atoms with E-state index in [1.54, 1.807) is 67.5 Å². The molecule has 4 N–H and O–H groups in total. The Bertz CT molecular complexity index is 1780. The first-order valence-electron chi connectivity index (χ1n) is 23.4. The Labute approximate surface area is 388 Å². The fraction of sp³-hybridized carbons (Fsp3) is 0.577. The molecule has 0 saturated carbocycles. The number of nitrogens with zero attached hydrogens (tertiary/aromatic N) is 1. The van der Waals surface area contributed by atoms with Crippen LogP contribution in [0.5, 0.6) is 0 Å². The van der Waals surface area contributed by atoms with E-state index in [0.717, 1.165) is 56.8 Å². The van der Waals surface area contributed by atoms with Crippen molar-refractivity contribution in [1.82, 2.24) is 20.9 Å². The third-order valence-corrected chi connectivity index (χ3v) is 10.5. The van der Waals surface area contributed by atoms with Gasteiger partial charge in [-0.15, -0.1) is 0 Å². The number of ether oxygens (including phenoxy) is 2. The minimum Gasteiger partial charge on any atom is -0.478 e. The van der Waals surface area contributed by atoms with Gasteiger partial charge in [-0.25, -0.2) is 14.4 Å². The first-order chi connectivity index (χ1) is 30.7. The zero-order valence-electron chi connectivity index (χ0n) is 40.4. The number of rotatable bonds is 18. The predicted octanol–water partition coefficient (Wildman–Crippen LogP) is 9.19. The number of carbonyl (C=O) groups excluding carboxylic acids is 5. The minimum atomic E-state index is -1.05. The maximum absolute atomic E-state index is 12.8. The molecule has 2 aliphatic heterocycles. The predicted molar refractivity (Wildman–Crippen MR) is 256 cm³/mol. The van der Waals surface area contributed by atoms with Crippen molar-refractivity contribution in [3.63, 3.8) is 0 Å². The van der Waals surface area contributed by atoms with Crippen LogP contribution < -0.4 is 16.0 Å². The Hall–Kier alpha value is -5.30. The standard InChI is InChI=1S/C26H38N2O4.C21H29NO5.C5H11N/c1-20(27-25(31)32-26(2,3)4)23(29)19-22(14-13-21-11-7-5-8-12-21)15-16-24(30)28-17-9-6-10-18-28;1-15(22-20(26)27-21(2,3)4)18(23)14-17(12-13-19(24)25)11-10-16-8-6-5-7-9-16;1-2-4-6-5-3-1/h5,7-8,11-12,15-16,20,22H,6,9-10,13-14,17-19H2,1-4H3,(H,27,31);5-9,12-13,15,17H,10-11,14H2,1-4H3,(H,22,26)(H,24,25);6H,1-5H2/b16-15+;13-12+;/t20-,22-;15-,17-;/m00./s1. The van der Waals surface area contributed by atoms with Gasteiger partial charge in [0.1, 0.15) is 11.2 Å². The quantitative estimate of drug-likeness (QED) is 0.105. The molecule has 2 aromatic rings. The highest BCUT2D eigenvalue weighted by atomic mass is 16.6. The molecule has 0 unspecified atom stereocenters. The van der Waals surface area contributed by atoms with Gasteiger partial charge in [0.05, 0.1) is 12.1 Å². The van der Waals surface area contributed by atoms with E-state index >= 15 is 0 Å².